The van der Waals surface area contributed by atoms with Crippen LogP contribution in [0.25, 0.3) is 99.1 Å². The number of aromatic nitrogens is 2. The number of hydrogen-bond donors (Lipinski definition) is 0. The highest BCUT2D eigenvalue weighted by Crippen LogP contribution is 2.47. The van der Waals surface area contributed by atoms with Gasteiger partial charge in [0.05, 0.1) is 16.7 Å². The molecule has 2 aliphatic heterocycles. The molecular formula is C52H31BN2. The summed E-state index contributed by atoms with van der Waals surface area (Å²) < 4.78 is 5.24. The van der Waals surface area contributed by atoms with Gasteiger partial charge in [0.25, 0.3) is 6.71 Å². The second-order valence-electron chi connectivity index (χ2n) is 15.2. The first-order valence-corrected chi connectivity index (χ1v) is 19.2. The molecule has 0 aliphatic carbocycles. The maximum absolute atomic E-state index is 2.64. The number of benzene rings is 9. The molecule has 0 saturated carbocycles. The summed E-state index contributed by atoms with van der Waals surface area (Å²) in [7, 11) is 0. The van der Waals surface area contributed by atoms with E-state index in [9.17, 15) is 0 Å². The number of rotatable bonds is 3. The van der Waals surface area contributed by atoms with Gasteiger partial charge in [-0.2, -0.15) is 0 Å². The smallest absolute Gasteiger partial charge is 0.253 e. The van der Waals surface area contributed by atoms with Crippen molar-refractivity contribution in [1.82, 2.24) is 9.13 Å². The average Bonchev–Trinajstić information content (AvgIpc) is 3.79. The fraction of sp³-hybridized carbons (Fsp3) is 0. The fourth-order valence-corrected chi connectivity index (χ4v) is 10.3. The van der Waals surface area contributed by atoms with Crippen molar-refractivity contribution < 1.29 is 0 Å². The number of para-hydroxylation sites is 1. The molecule has 0 unspecified atom stereocenters. The Hall–Kier alpha value is -7.10. The summed E-state index contributed by atoms with van der Waals surface area (Å²) >= 11 is 0. The largest absolute Gasteiger partial charge is 0.310 e. The predicted octanol–water partition coefficient (Wildman–Crippen LogP) is 11.2. The van der Waals surface area contributed by atoms with Gasteiger partial charge >= 0.3 is 0 Å². The van der Waals surface area contributed by atoms with E-state index in [4.69, 9.17) is 0 Å². The minimum absolute atomic E-state index is 0.0323. The molecule has 3 heteroatoms. The number of hydrogen-bond acceptors (Lipinski definition) is 0. The van der Waals surface area contributed by atoms with Gasteiger partial charge in [-0.25, -0.2) is 0 Å². The van der Waals surface area contributed by atoms with Gasteiger partial charge < -0.3 is 9.13 Å². The molecule has 0 radical (unpaired) electrons. The maximum Gasteiger partial charge on any atom is 0.253 e. The summed E-state index contributed by atoms with van der Waals surface area (Å²) in [5.74, 6) is 0. The molecule has 0 fully saturated rings. The van der Waals surface area contributed by atoms with Crippen LogP contribution in [-0.2, 0) is 0 Å². The Labute approximate surface area is 318 Å². The molecular weight excluding hydrogens is 663 g/mol. The first-order chi connectivity index (χ1) is 27.3. The minimum atomic E-state index is 0.0323. The van der Waals surface area contributed by atoms with Gasteiger partial charge in [0.1, 0.15) is 0 Å². The average molecular weight is 695 g/mol. The summed E-state index contributed by atoms with van der Waals surface area (Å²) in [6.45, 7) is 0.0323. The lowest BCUT2D eigenvalue weighted by molar-refractivity contribution is 1.12. The van der Waals surface area contributed by atoms with E-state index in [0.717, 1.165) is 0 Å². The van der Waals surface area contributed by atoms with Crippen molar-refractivity contribution in [3.63, 3.8) is 0 Å². The van der Waals surface area contributed by atoms with Gasteiger partial charge in [-0.1, -0.05) is 164 Å². The Morgan fingerprint density at radius 3 is 1.75 bits per heavy atom. The summed E-state index contributed by atoms with van der Waals surface area (Å²) in [5.41, 5.74) is 17.9. The van der Waals surface area contributed by atoms with Gasteiger partial charge in [-0.15, -0.1) is 0 Å². The van der Waals surface area contributed by atoms with E-state index in [-0.39, 0.29) is 6.71 Å². The zero-order valence-corrected chi connectivity index (χ0v) is 29.9. The van der Waals surface area contributed by atoms with Crippen LogP contribution in [0.15, 0.2) is 188 Å². The van der Waals surface area contributed by atoms with E-state index in [0.29, 0.717) is 0 Å². The molecule has 0 saturated heterocycles. The molecule has 2 aromatic heterocycles. The summed E-state index contributed by atoms with van der Waals surface area (Å²) in [6.07, 6.45) is 0. The van der Waals surface area contributed by atoms with Crippen LogP contribution in [0, 0.1) is 0 Å². The molecule has 0 spiro atoms. The third kappa shape index (κ3) is 3.79. The lowest BCUT2D eigenvalue weighted by Crippen LogP contribution is -2.59. The summed E-state index contributed by atoms with van der Waals surface area (Å²) in [4.78, 5) is 0. The third-order valence-electron chi connectivity index (χ3n) is 12.4. The Balaban J connectivity index is 1.31. The second kappa shape index (κ2) is 10.7. The predicted molar refractivity (Wildman–Crippen MR) is 234 cm³/mol. The van der Waals surface area contributed by atoms with Crippen LogP contribution in [0.4, 0.5) is 0 Å². The van der Waals surface area contributed by atoms with Crippen molar-refractivity contribution in [2.24, 2.45) is 0 Å². The molecule has 4 heterocycles. The van der Waals surface area contributed by atoms with E-state index >= 15 is 0 Å². The Morgan fingerprint density at radius 2 is 0.982 bits per heavy atom. The molecule has 0 N–H and O–H groups in total. The monoisotopic (exact) mass is 694 g/mol. The van der Waals surface area contributed by atoms with Crippen LogP contribution in [0.3, 0.4) is 0 Å². The van der Waals surface area contributed by atoms with E-state index in [1.807, 2.05) is 0 Å². The summed E-state index contributed by atoms with van der Waals surface area (Å²) in [6, 6.07) is 70.1. The molecule has 0 bridgehead atoms. The van der Waals surface area contributed by atoms with Crippen molar-refractivity contribution in [1.29, 1.82) is 0 Å². The Bertz CT molecular complexity index is 3410. The molecule has 252 valence electrons. The van der Waals surface area contributed by atoms with Crippen LogP contribution in [0.5, 0.6) is 0 Å². The maximum atomic E-state index is 2.64. The highest BCUT2D eigenvalue weighted by molar-refractivity contribution is 7.01. The molecule has 2 aliphatic rings. The van der Waals surface area contributed by atoms with Crippen LogP contribution in [-0.4, -0.2) is 15.8 Å². The highest BCUT2D eigenvalue weighted by Gasteiger charge is 2.43. The third-order valence-corrected chi connectivity index (χ3v) is 12.4. The molecule has 55 heavy (non-hydrogen) atoms. The highest BCUT2D eigenvalue weighted by atomic mass is 15.0. The zero-order chi connectivity index (χ0) is 35.8. The van der Waals surface area contributed by atoms with Crippen LogP contribution < -0.4 is 16.4 Å². The van der Waals surface area contributed by atoms with Crippen LogP contribution >= 0.6 is 0 Å². The lowest BCUT2D eigenvalue weighted by Gasteiger charge is -2.35. The first kappa shape index (κ1) is 29.4. The molecule has 13 rings (SSSR count). The van der Waals surface area contributed by atoms with Crippen molar-refractivity contribution in [3.05, 3.63) is 188 Å². The SMILES string of the molecule is c1ccc(-c2cc3c4c(c2)-n2c5ccc6ccccc6c5c5cccc(c52)B4c2c4ccccc4cc4c(-c5ccccc5)c(-c5ccccc5)n-3c24)cc1. The zero-order valence-electron chi connectivity index (χ0n) is 29.9. The standard InChI is InChI=1S/C52H31BN2/c1-4-15-32(16-5-1)37-30-44-49-45(31-37)55-50(35-20-8-3-9-21-35)46(34-18-6-2-7-19-34)41-29-36-22-11-13-24-39(36)48(52(41)55)53(49)42-26-14-25-40-47-38-23-12-10-17-33(38)27-28-43(47)54(44)51(40)42/h1-31H. The Morgan fingerprint density at radius 1 is 0.364 bits per heavy atom. The van der Waals surface area contributed by atoms with E-state index < -0.39 is 0 Å². The molecule has 0 atom stereocenters. The molecule has 2 nitrogen and oxygen atoms in total. The molecule has 11 aromatic rings. The lowest BCUT2D eigenvalue weighted by atomic mass is 9.33. The second-order valence-corrected chi connectivity index (χ2v) is 15.2. The number of fused-ring (bicyclic) bond motifs is 11. The van der Waals surface area contributed by atoms with E-state index in [1.54, 1.807) is 0 Å². The quantitative estimate of drug-likeness (QED) is 0.163. The van der Waals surface area contributed by atoms with Gasteiger partial charge in [-0.3, -0.25) is 0 Å². The van der Waals surface area contributed by atoms with Gasteiger partial charge in [0, 0.05) is 38.6 Å². The fourth-order valence-electron chi connectivity index (χ4n) is 10.3. The normalized spacial score (nSPS) is 12.7. The minimum Gasteiger partial charge on any atom is -0.310 e. The summed E-state index contributed by atoms with van der Waals surface area (Å²) in [5, 5.41) is 9.09. The molecule has 9 aromatic carbocycles. The van der Waals surface area contributed by atoms with Crippen molar-refractivity contribution >= 4 is 77.4 Å². The van der Waals surface area contributed by atoms with Crippen LogP contribution in [0.2, 0.25) is 0 Å². The van der Waals surface area contributed by atoms with Crippen molar-refractivity contribution in [3.8, 4) is 44.9 Å². The van der Waals surface area contributed by atoms with Crippen molar-refractivity contribution in [2.75, 3.05) is 0 Å². The van der Waals surface area contributed by atoms with Crippen molar-refractivity contribution in [2.45, 2.75) is 0 Å². The van der Waals surface area contributed by atoms with E-state index in [1.165, 1.54) is 116 Å². The van der Waals surface area contributed by atoms with Gasteiger partial charge in [0.2, 0.25) is 0 Å². The topological polar surface area (TPSA) is 9.86 Å². The number of nitrogens with zero attached hydrogens (tertiary/aromatic N) is 2. The van der Waals surface area contributed by atoms with Gasteiger partial charge in [-0.05, 0) is 84.5 Å². The van der Waals surface area contributed by atoms with Crippen LogP contribution in [0.1, 0.15) is 0 Å². The van der Waals surface area contributed by atoms with Gasteiger partial charge in [0.15, 0.2) is 0 Å². The Kier molecular flexibility index (Phi) is 5.74. The van der Waals surface area contributed by atoms with E-state index in [2.05, 4.69) is 197 Å². The first-order valence-electron chi connectivity index (χ1n) is 19.2. The molecule has 0 amide bonds.